The minimum absolute atomic E-state index is 0.0771. The van der Waals surface area contributed by atoms with E-state index in [1.807, 2.05) is 6.07 Å². The summed E-state index contributed by atoms with van der Waals surface area (Å²) in [4.78, 5) is 26.8. The minimum Gasteiger partial charge on any atom is -0.497 e. The standard InChI is InChI=1S/C19H20N2O4/c1-25-15-6-7-16-12(9-15)3-2-4-13(16)10-21-18(22)14-5-8-17(19(23)24)20-11-14/h5-9,11,13H,2-4,10H2,1H3,(H,21,22)(H,23,24). The third-order valence-electron chi connectivity index (χ3n) is 4.54. The van der Waals surface area contributed by atoms with Crippen LogP contribution in [0.25, 0.3) is 0 Å². The summed E-state index contributed by atoms with van der Waals surface area (Å²) in [5.74, 6) is -0.232. The van der Waals surface area contributed by atoms with Gasteiger partial charge in [0.2, 0.25) is 0 Å². The predicted octanol–water partition coefficient (Wildman–Crippen LogP) is 2.64. The van der Waals surface area contributed by atoms with Crippen molar-refractivity contribution >= 4 is 11.9 Å². The van der Waals surface area contributed by atoms with Crippen molar-refractivity contribution < 1.29 is 19.4 Å². The van der Waals surface area contributed by atoms with E-state index in [-0.39, 0.29) is 17.5 Å². The highest BCUT2D eigenvalue weighted by Gasteiger charge is 2.21. The number of pyridine rings is 1. The quantitative estimate of drug-likeness (QED) is 0.873. The van der Waals surface area contributed by atoms with E-state index in [2.05, 4.69) is 22.4 Å². The fraction of sp³-hybridized carbons (Fsp3) is 0.316. The maximum absolute atomic E-state index is 12.3. The van der Waals surface area contributed by atoms with Crippen LogP contribution in [0.1, 0.15) is 50.7 Å². The van der Waals surface area contributed by atoms with Crippen molar-refractivity contribution in [3.8, 4) is 5.75 Å². The minimum atomic E-state index is -1.11. The lowest BCUT2D eigenvalue weighted by atomic mass is 9.82. The Morgan fingerprint density at radius 1 is 1.32 bits per heavy atom. The Kier molecular flexibility index (Phi) is 4.97. The highest BCUT2D eigenvalue weighted by molar-refractivity contribution is 5.94. The van der Waals surface area contributed by atoms with Crippen LogP contribution in [0.2, 0.25) is 0 Å². The lowest BCUT2D eigenvalue weighted by Gasteiger charge is -2.26. The van der Waals surface area contributed by atoms with Gasteiger partial charge in [-0.3, -0.25) is 4.79 Å². The van der Waals surface area contributed by atoms with Gasteiger partial charge in [0.25, 0.3) is 5.91 Å². The number of carbonyl (C=O) groups excluding carboxylic acids is 1. The van der Waals surface area contributed by atoms with Gasteiger partial charge < -0.3 is 15.2 Å². The van der Waals surface area contributed by atoms with Gasteiger partial charge >= 0.3 is 5.97 Å². The number of aromatic nitrogens is 1. The number of rotatable bonds is 5. The molecule has 2 N–H and O–H groups in total. The molecule has 0 aliphatic heterocycles. The van der Waals surface area contributed by atoms with Gasteiger partial charge in [0.1, 0.15) is 11.4 Å². The molecule has 6 heteroatoms. The number of aryl methyl sites for hydroxylation is 1. The normalized spacial score (nSPS) is 16.0. The second kappa shape index (κ2) is 7.34. The molecule has 130 valence electrons. The number of nitrogens with zero attached hydrogens (tertiary/aromatic N) is 1. The van der Waals surface area contributed by atoms with Crippen molar-refractivity contribution in [2.45, 2.75) is 25.2 Å². The van der Waals surface area contributed by atoms with E-state index in [1.165, 1.54) is 29.5 Å². The number of methoxy groups -OCH3 is 1. The molecular formula is C19H20N2O4. The van der Waals surface area contributed by atoms with Crippen LogP contribution in [-0.2, 0) is 6.42 Å². The first kappa shape index (κ1) is 17.0. The SMILES string of the molecule is COc1ccc2c(c1)CCCC2CNC(=O)c1ccc(C(=O)O)nc1. The van der Waals surface area contributed by atoms with Gasteiger partial charge in [0.05, 0.1) is 12.7 Å². The molecule has 1 aliphatic rings. The number of carbonyl (C=O) groups is 2. The zero-order valence-electron chi connectivity index (χ0n) is 14.0. The van der Waals surface area contributed by atoms with Crippen LogP contribution in [0, 0.1) is 0 Å². The molecule has 25 heavy (non-hydrogen) atoms. The van der Waals surface area contributed by atoms with Gasteiger partial charge in [-0.1, -0.05) is 6.07 Å². The van der Waals surface area contributed by atoms with Gasteiger partial charge in [0, 0.05) is 18.7 Å². The van der Waals surface area contributed by atoms with Crippen molar-refractivity contribution in [2.24, 2.45) is 0 Å². The molecule has 1 aliphatic carbocycles. The van der Waals surface area contributed by atoms with Crippen LogP contribution in [0.3, 0.4) is 0 Å². The van der Waals surface area contributed by atoms with E-state index in [4.69, 9.17) is 9.84 Å². The Balaban J connectivity index is 1.66. The molecule has 1 aromatic heterocycles. The Morgan fingerprint density at radius 2 is 2.16 bits per heavy atom. The van der Waals surface area contributed by atoms with Gasteiger partial charge in [-0.25, -0.2) is 9.78 Å². The molecule has 1 amide bonds. The number of hydrogen-bond donors (Lipinski definition) is 2. The van der Waals surface area contributed by atoms with Gasteiger partial charge in [-0.05, 0) is 54.7 Å². The summed E-state index contributed by atoms with van der Waals surface area (Å²) in [5.41, 5.74) is 2.81. The van der Waals surface area contributed by atoms with E-state index in [0.29, 0.717) is 12.1 Å². The number of hydrogen-bond acceptors (Lipinski definition) is 4. The fourth-order valence-corrected chi connectivity index (χ4v) is 3.20. The summed E-state index contributed by atoms with van der Waals surface area (Å²) in [6.07, 6.45) is 4.42. The molecular weight excluding hydrogens is 320 g/mol. The van der Waals surface area contributed by atoms with Crippen molar-refractivity contribution in [1.29, 1.82) is 0 Å². The summed E-state index contributed by atoms with van der Waals surface area (Å²) in [5, 5.41) is 11.8. The van der Waals surface area contributed by atoms with Crippen LogP contribution < -0.4 is 10.1 Å². The number of amides is 1. The molecule has 0 radical (unpaired) electrons. The second-order valence-corrected chi connectivity index (χ2v) is 6.10. The number of nitrogens with one attached hydrogen (secondary N) is 1. The van der Waals surface area contributed by atoms with Crippen molar-refractivity contribution in [3.63, 3.8) is 0 Å². The van der Waals surface area contributed by atoms with Crippen LogP contribution in [0.4, 0.5) is 0 Å². The molecule has 1 heterocycles. The van der Waals surface area contributed by atoms with Crippen molar-refractivity contribution in [3.05, 3.63) is 58.9 Å². The average Bonchev–Trinajstić information content (AvgIpc) is 2.65. The van der Waals surface area contributed by atoms with Gasteiger partial charge in [-0.15, -0.1) is 0 Å². The summed E-state index contributed by atoms with van der Waals surface area (Å²) < 4.78 is 5.28. The molecule has 3 rings (SSSR count). The Hall–Kier alpha value is -2.89. The van der Waals surface area contributed by atoms with E-state index in [9.17, 15) is 9.59 Å². The zero-order chi connectivity index (χ0) is 17.8. The van der Waals surface area contributed by atoms with Crippen LogP contribution in [0.5, 0.6) is 5.75 Å². The monoisotopic (exact) mass is 340 g/mol. The van der Waals surface area contributed by atoms with Gasteiger partial charge in [0.15, 0.2) is 0 Å². The van der Waals surface area contributed by atoms with E-state index in [1.54, 1.807) is 7.11 Å². The highest BCUT2D eigenvalue weighted by atomic mass is 16.5. The number of carboxylic acid groups (broad SMARTS) is 1. The van der Waals surface area contributed by atoms with E-state index < -0.39 is 5.97 Å². The lowest BCUT2D eigenvalue weighted by Crippen LogP contribution is -2.30. The number of ether oxygens (including phenoxy) is 1. The average molecular weight is 340 g/mol. The summed E-state index contributed by atoms with van der Waals surface area (Å²) >= 11 is 0. The van der Waals surface area contributed by atoms with E-state index in [0.717, 1.165) is 25.0 Å². The first-order valence-electron chi connectivity index (χ1n) is 8.23. The Morgan fingerprint density at radius 3 is 2.84 bits per heavy atom. The molecule has 1 aromatic carbocycles. The number of benzene rings is 1. The first-order chi connectivity index (χ1) is 12.1. The largest absolute Gasteiger partial charge is 0.497 e. The first-order valence-corrected chi connectivity index (χ1v) is 8.23. The summed E-state index contributed by atoms with van der Waals surface area (Å²) in [7, 11) is 1.66. The fourth-order valence-electron chi connectivity index (χ4n) is 3.20. The maximum Gasteiger partial charge on any atom is 0.354 e. The molecule has 1 atom stereocenters. The Labute approximate surface area is 145 Å². The molecule has 6 nitrogen and oxygen atoms in total. The molecule has 1 unspecified atom stereocenters. The van der Waals surface area contributed by atoms with E-state index >= 15 is 0 Å². The van der Waals surface area contributed by atoms with Crippen LogP contribution in [-0.4, -0.2) is 35.6 Å². The Bertz CT molecular complexity index is 787. The molecule has 0 saturated heterocycles. The van der Waals surface area contributed by atoms with Gasteiger partial charge in [-0.2, -0.15) is 0 Å². The molecule has 0 bridgehead atoms. The molecule has 2 aromatic rings. The summed E-state index contributed by atoms with van der Waals surface area (Å²) in [6, 6.07) is 8.91. The van der Waals surface area contributed by atoms with Crippen LogP contribution >= 0.6 is 0 Å². The third kappa shape index (κ3) is 3.79. The number of carboxylic acids is 1. The number of aromatic carboxylic acids is 1. The highest BCUT2D eigenvalue weighted by Crippen LogP contribution is 2.33. The molecule has 0 spiro atoms. The maximum atomic E-state index is 12.3. The topological polar surface area (TPSA) is 88.5 Å². The smallest absolute Gasteiger partial charge is 0.354 e. The molecule has 0 fully saturated rings. The van der Waals surface area contributed by atoms with Crippen molar-refractivity contribution in [2.75, 3.05) is 13.7 Å². The predicted molar refractivity (Wildman–Crippen MR) is 92.2 cm³/mol. The van der Waals surface area contributed by atoms with Crippen molar-refractivity contribution in [1.82, 2.24) is 10.3 Å². The summed E-state index contributed by atoms with van der Waals surface area (Å²) in [6.45, 7) is 0.541. The lowest BCUT2D eigenvalue weighted by molar-refractivity contribution is 0.0689. The molecule has 0 saturated carbocycles. The zero-order valence-corrected chi connectivity index (χ0v) is 14.0. The second-order valence-electron chi connectivity index (χ2n) is 6.10. The van der Waals surface area contributed by atoms with Crippen LogP contribution in [0.15, 0.2) is 36.5 Å². The third-order valence-corrected chi connectivity index (χ3v) is 4.54. The number of fused-ring (bicyclic) bond motifs is 1.